The molecule has 3 heteroatoms. The third kappa shape index (κ3) is 1.56. The van der Waals surface area contributed by atoms with Crippen molar-refractivity contribution >= 4 is 18.2 Å². The van der Waals surface area contributed by atoms with E-state index in [1.807, 2.05) is 11.8 Å². The van der Waals surface area contributed by atoms with E-state index >= 15 is 0 Å². The van der Waals surface area contributed by atoms with Gasteiger partial charge in [0.05, 0.1) is 0 Å². The summed E-state index contributed by atoms with van der Waals surface area (Å²) < 4.78 is 0. The molecule has 68 valence electrons. The first-order chi connectivity index (χ1) is 6.31. The van der Waals surface area contributed by atoms with E-state index in [1.165, 1.54) is 11.1 Å². The fourth-order valence-electron chi connectivity index (χ4n) is 1.60. The van der Waals surface area contributed by atoms with Crippen LogP contribution < -0.4 is 5.32 Å². The van der Waals surface area contributed by atoms with Crippen LogP contribution in [0.2, 0.25) is 0 Å². The number of allylic oxidation sites excluding steroid dienone is 3. The van der Waals surface area contributed by atoms with E-state index in [0.29, 0.717) is 5.25 Å². The highest BCUT2D eigenvalue weighted by atomic mass is 32.2. The number of carbonyl (C=O) groups is 1. The Morgan fingerprint density at radius 2 is 2.54 bits per heavy atom. The molecule has 1 amide bonds. The van der Waals surface area contributed by atoms with Crippen molar-refractivity contribution in [2.24, 2.45) is 0 Å². The molecule has 1 heterocycles. The summed E-state index contributed by atoms with van der Waals surface area (Å²) in [6, 6.07) is 0. The molecular formula is C10H11NOS. The van der Waals surface area contributed by atoms with Crippen molar-refractivity contribution in [1.29, 1.82) is 0 Å². The normalized spacial score (nSPS) is 25.6. The van der Waals surface area contributed by atoms with Gasteiger partial charge in [-0.3, -0.25) is 4.79 Å². The zero-order chi connectivity index (χ0) is 9.26. The van der Waals surface area contributed by atoms with Crippen LogP contribution >= 0.6 is 11.8 Å². The molecule has 1 N–H and O–H groups in total. The molecule has 2 rings (SSSR count). The maximum atomic E-state index is 10.2. The molecule has 1 aliphatic heterocycles. The van der Waals surface area contributed by atoms with Gasteiger partial charge in [0.15, 0.2) is 0 Å². The smallest absolute Gasteiger partial charge is 0.211 e. The molecular weight excluding hydrogens is 182 g/mol. The van der Waals surface area contributed by atoms with Crippen molar-refractivity contribution in [3.05, 3.63) is 34.4 Å². The molecule has 1 aliphatic carbocycles. The van der Waals surface area contributed by atoms with Gasteiger partial charge in [-0.25, -0.2) is 0 Å². The fourth-order valence-corrected chi connectivity index (χ4v) is 2.71. The molecule has 0 aromatic heterocycles. The Morgan fingerprint density at radius 3 is 3.31 bits per heavy atom. The van der Waals surface area contributed by atoms with E-state index in [9.17, 15) is 4.79 Å². The standard InChI is InChI=1S/C10H11NOS/c1-7-5-13-10-3-2-8(11-6-12)4-9(7)10/h2,4-6,10H,3H2,1H3,(H,11,12). The molecule has 1 unspecified atom stereocenters. The van der Waals surface area contributed by atoms with Crippen LogP contribution in [-0.2, 0) is 4.79 Å². The van der Waals surface area contributed by atoms with Gasteiger partial charge in [-0.2, -0.15) is 0 Å². The minimum atomic E-state index is 0.581. The summed E-state index contributed by atoms with van der Waals surface area (Å²) in [5.74, 6) is 0. The van der Waals surface area contributed by atoms with E-state index in [-0.39, 0.29) is 0 Å². The minimum absolute atomic E-state index is 0.581. The molecule has 0 bridgehead atoms. The summed E-state index contributed by atoms with van der Waals surface area (Å²) in [5, 5.41) is 5.45. The molecule has 0 aromatic rings. The largest absolute Gasteiger partial charge is 0.329 e. The number of rotatable bonds is 2. The summed E-state index contributed by atoms with van der Waals surface area (Å²) in [4.78, 5) is 10.2. The first kappa shape index (κ1) is 8.63. The molecule has 2 aliphatic rings. The highest BCUT2D eigenvalue weighted by Gasteiger charge is 2.23. The van der Waals surface area contributed by atoms with E-state index < -0.39 is 0 Å². The molecule has 0 saturated carbocycles. The number of hydrogen-bond acceptors (Lipinski definition) is 2. The van der Waals surface area contributed by atoms with E-state index in [4.69, 9.17) is 0 Å². The number of carbonyl (C=O) groups excluding carboxylic acids is 1. The molecule has 0 spiro atoms. The quantitative estimate of drug-likeness (QED) is 0.679. The highest BCUT2D eigenvalue weighted by molar-refractivity contribution is 8.03. The van der Waals surface area contributed by atoms with Gasteiger partial charge in [-0.1, -0.05) is 6.08 Å². The van der Waals surface area contributed by atoms with Crippen molar-refractivity contribution in [3.8, 4) is 0 Å². The van der Waals surface area contributed by atoms with Gasteiger partial charge in [0.2, 0.25) is 6.41 Å². The lowest BCUT2D eigenvalue weighted by molar-refractivity contribution is -0.108. The van der Waals surface area contributed by atoms with E-state index in [1.54, 1.807) is 0 Å². The van der Waals surface area contributed by atoms with Gasteiger partial charge in [-0.15, -0.1) is 11.8 Å². The number of fused-ring (bicyclic) bond motifs is 1. The fraction of sp³-hybridized carbons (Fsp3) is 0.300. The molecule has 13 heavy (non-hydrogen) atoms. The van der Waals surface area contributed by atoms with Crippen molar-refractivity contribution < 1.29 is 4.79 Å². The molecule has 2 nitrogen and oxygen atoms in total. The average molecular weight is 193 g/mol. The summed E-state index contributed by atoms with van der Waals surface area (Å²) in [6.07, 6.45) is 5.88. The van der Waals surface area contributed by atoms with Gasteiger partial charge in [0.25, 0.3) is 0 Å². The van der Waals surface area contributed by atoms with Crippen LogP contribution in [0.1, 0.15) is 13.3 Å². The third-order valence-electron chi connectivity index (χ3n) is 2.30. The van der Waals surface area contributed by atoms with Crippen molar-refractivity contribution in [3.63, 3.8) is 0 Å². The predicted octanol–water partition coefficient (Wildman–Crippen LogP) is 1.97. The topological polar surface area (TPSA) is 29.1 Å². The van der Waals surface area contributed by atoms with Crippen LogP contribution in [-0.4, -0.2) is 11.7 Å². The monoisotopic (exact) mass is 193 g/mol. The first-order valence-electron chi connectivity index (χ1n) is 4.26. The lowest BCUT2D eigenvalue weighted by Crippen LogP contribution is -2.15. The molecule has 0 aromatic carbocycles. The predicted molar refractivity (Wildman–Crippen MR) is 55.1 cm³/mol. The summed E-state index contributed by atoms with van der Waals surface area (Å²) in [6.45, 7) is 2.11. The SMILES string of the molecule is CC1=CSC2CC=C(NC=O)C=C12. The van der Waals surface area contributed by atoms with Crippen molar-refractivity contribution in [2.45, 2.75) is 18.6 Å². The van der Waals surface area contributed by atoms with E-state index in [2.05, 4.69) is 29.8 Å². The molecule has 0 saturated heterocycles. The Kier molecular flexibility index (Phi) is 2.27. The number of amides is 1. The second-order valence-corrected chi connectivity index (χ2v) is 4.26. The van der Waals surface area contributed by atoms with Gasteiger partial charge < -0.3 is 5.32 Å². The van der Waals surface area contributed by atoms with Crippen molar-refractivity contribution in [2.75, 3.05) is 0 Å². The zero-order valence-corrected chi connectivity index (χ0v) is 8.23. The summed E-state index contributed by atoms with van der Waals surface area (Å²) in [7, 11) is 0. The number of thioether (sulfide) groups is 1. The Hall–Kier alpha value is -0.960. The van der Waals surface area contributed by atoms with Crippen LogP contribution in [0.25, 0.3) is 0 Å². The lowest BCUT2D eigenvalue weighted by atomic mass is 9.98. The molecule has 0 fully saturated rings. The maximum Gasteiger partial charge on any atom is 0.211 e. The Morgan fingerprint density at radius 1 is 1.69 bits per heavy atom. The second-order valence-electron chi connectivity index (χ2n) is 3.18. The average Bonchev–Trinajstić information content (AvgIpc) is 2.49. The van der Waals surface area contributed by atoms with Crippen LogP contribution in [0.3, 0.4) is 0 Å². The number of nitrogens with one attached hydrogen (secondary N) is 1. The summed E-state index contributed by atoms with van der Waals surface area (Å²) in [5.41, 5.74) is 3.61. The third-order valence-corrected chi connectivity index (χ3v) is 3.56. The summed E-state index contributed by atoms with van der Waals surface area (Å²) >= 11 is 1.86. The van der Waals surface area contributed by atoms with Gasteiger partial charge >= 0.3 is 0 Å². The van der Waals surface area contributed by atoms with E-state index in [0.717, 1.165) is 18.5 Å². The Bertz CT molecular complexity index is 328. The zero-order valence-electron chi connectivity index (χ0n) is 7.41. The minimum Gasteiger partial charge on any atom is -0.329 e. The van der Waals surface area contributed by atoms with Crippen LogP contribution in [0, 0.1) is 0 Å². The van der Waals surface area contributed by atoms with Crippen molar-refractivity contribution in [1.82, 2.24) is 5.32 Å². The lowest BCUT2D eigenvalue weighted by Gasteiger charge is -2.16. The second kappa shape index (κ2) is 3.42. The number of hydrogen-bond donors (Lipinski definition) is 1. The maximum absolute atomic E-state index is 10.2. The Labute approximate surface area is 81.8 Å². The van der Waals surface area contributed by atoms with Gasteiger partial charge in [0, 0.05) is 10.9 Å². The van der Waals surface area contributed by atoms with Gasteiger partial charge in [-0.05, 0) is 36.0 Å². The Balaban J connectivity index is 2.22. The highest BCUT2D eigenvalue weighted by Crippen LogP contribution is 2.39. The first-order valence-corrected chi connectivity index (χ1v) is 5.20. The molecule has 1 atom stereocenters. The van der Waals surface area contributed by atoms with Crippen LogP contribution in [0.4, 0.5) is 0 Å². The van der Waals surface area contributed by atoms with Crippen LogP contribution in [0.15, 0.2) is 34.4 Å². The van der Waals surface area contributed by atoms with Gasteiger partial charge in [0.1, 0.15) is 0 Å². The molecule has 0 radical (unpaired) electrons. The van der Waals surface area contributed by atoms with Crippen LogP contribution in [0.5, 0.6) is 0 Å².